The maximum Gasteiger partial charge on any atom is 0.316 e. The van der Waals surface area contributed by atoms with Gasteiger partial charge in [-0.1, -0.05) is 32.0 Å². The van der Waals surface area contributed by atoms with Crippen molar-refractivity contribution in [3.63, 3.8) is 0 Å². The quantitative estimate of drug-likeness (QED) is 0.144. The number of amides is 1. The van der Waals surface area contributed by atoms with Crippen LogP contribution in [0, 0.1) is 17.8 Å². The van der Waals surface area contributed by atoms with Crippen molar-refractivity contribution in [3.8, 4) is 10.6 Å². The molecule has 2 aromatic rings. The summed E-state index contributed by atoms with van der Waals surface area (Å²) in [4.78, 5) is 71.1. The third-order valence-corrected chi connectivity index (χ3v) is 13.4. The normalized spacial score (nSPS) is 35.5. The summed E-state index contributed by atoms with van der Waals surface area (Å²) in [7, 11) is 3.72. The number of hydrogen-bond donors (Lipinski definition) is 2. The number of cyclic esters (lactones) is 1. The minimum Gasteiger partial charge on any atom is -0.459 e. The number of nitrogens with zero attached hydrogens (tertiary/aromatic N) is 4. The van der Waals surface area contributed by atoms with Gasteiger partial charge in [0, 0.05) is 42.8 Å². The van der Waals surface area contributed by atoms with Gasteiger partial charge in [0.1, 0.15) is 36.0 Å². The number of ketones is 2. The number of aliphatic hydroxyl groups is 2. The molecule has 16 nitrogen and oxygen atoms in total. The number of aliphatic hydroxyl groups excluding tert-OH is 1. The van der Waals surface area contributed by atoms with Gasteiger partial charge < -0.3 is 43.6 Å². The zero-order valence-electron chi connectivity index (χ0n) is 37.8. The molecule has 0 unspecified atom stereocenters. The number of ether oxygens (including phenoxy) is 5. The number of oxime groups is 1. The number of hydrogen-bond acceptors (Lipinski definition) is 16. The zero-order chi connectivity index (χ0) is 45.7. The van der Waals surface area contributed by atoms with E-state index >= 15 is 0 Å². The molecular formula is C45H64N4O12S. The summed E-state index contributed by atoms with van der Waals surface area (Å²) >= 11 is 1.37. The number of carbonyl (C=O) groups is 4. The molecule has 17 heteroatoms. The van der Waals surface area contributed by atoms with Crippen molar-refractivity contribution in [1.82, 2.24) is 9.88 Å². The van der Waals surface area contributed by atoms with E-state index in [2.05, 4.69) is 15.1 Å². The summed E-state index contributed by atoms with van der Waals surface area (Å²) in [5.74, 6) is -4.65. The highest BCUT2D eigenvalue weighted by Crippen LogP contribution is 2.39. The predicted octanol–water partition coefficient (Wildman–Crippen LogP) is 5.20. The highest BCUT2D eigenvalue weighted by atomic mass is 32.1. The van der Waals surface area contributed by atoms with Crippen LogP contribution in [0.3, 0.4) is 0 Å². The molecule has 3 saturated heterocycles. The molecule has 3 aliphatic heterocycles. The average molecular weight is 885 g/mol. The molecule has 1 amide bonds. The van der Waals surface area contributed by atoms with E-state index in [1.165, 1.54) is 39.0 Å². The van der Waals surface area contributed by atoms with Gasteiger partial charge in [0.05, 0.1) is 52.6 Å². The van der Waals surface area contributed by atoms with E-state index in [0.29, 0.717) is 28.3 Å². The van der Waals surface area contributed by atoms with E-state index < -0.39 is 77.3 Å². The molecule has 3 fully saturated rings. The average Bonchev–Trinajstić information content (AvgIpc) is 3.71. The van der Waals surface area contributed by atoms with Crippen molar-refractivity contribution >= 4 is 46.2 Å². The van der Waals surface area contributed by atoms with Gasteiger partial charge in [0.25, 0.3) is 0 Å². The SMILES string of the molecule is CC[C@@H]1OC(=O)[C@H](C)C(=O)[C@H](C)[C@@H](O[C@@H]2O[C@H](C)C[C@H](N(C)C)[C@H]2O)[C@@]2(C)C[C@@H](C)C(=NC(C)=O)C[C@H](OC/C(=N/OCc3ccc(-c4ccc(C(C)=O)s4)nc3)CO2)[C@]1(C)O. The fourth-order valence-corrected chi connectivity index (χ4v) is 9.42. The lowest BCUT2D eigenvalue weighted by molar-refractivity contribution is -0.296. The third kappa shape index (κ3) is 11.7. The lowest BCUT2D eigenvalue weighted by Gasteiger charge is -2.47. The highest BCUT2D eigenvalue weighted by Gasteiger charge is 2.51. The van der Waals surface area contributed by atoms with Gasteiger partial charge in [0.2, 0.25) is 5.91 Å². The molecule has 5 heterocycles. The first kappa shape index (κ1) is 49.2. The van der Waals surface area contributed by atoms with Crippen molar-refractivity contribution in [2.45, 2.75) is 149 Å². The maximum absolute atomic E-state index is 14.5. The maximum atomic E-state index is 14.5. The topological polar surface area (TPSA) is 205 Å². The Bertz CT molecular complexity index is 1970. The van der Waals surface area contributed by atoms with Crippen LogP contribution in [0.1, 0.15) is 103 Å². The summed E-state index contributed by atoms with van der Waals surface area (Å²) in [6, 6.07) is 6.99. The standard InChI is InChI=1S/C45H64N4O12S/c1-12-37-45(9,55)38-18-33(47-29(7)51)24(2)19-44(8,41(26(4)39(52)27(5)42(54)60-37)61-43-40(53)34(49(10)11)17-25(3)59-43)57-23-31(22-56-38)48-58-21-30-13-14-32(46-20-30)36-16-15-35(62-36)28(6)50/h13-16,20,24-27,34,37-38,40-41,43,53,55H,12,17-19,21-23H2,1-11H3/b47-33?,48-31-/t24-,25-,26+,27-,34+,37+,38+,40-,41-,43+,44-,45-/m1/s1. The van der Waals surface area contributed by atoms with E-state index in [9.17, 15) is 29.4 Å². The van der Waals surface area contributed by atoms with Crippen LogP contribution in [0.25, 0.3) is 10.6 Å². The Morgan fingerprint density at radius 1 is 1.06 bits per heavy atom. The van der Waals surface area contributed by atoms with Gasteiger partial charge in [-0.3, -0.25) is 24.2 Å². The molecule has 0 saturated carbocycles. The molecule has 342 valence electrons. The van der Waals surface area contributed by atoms with Crippen molar-refractivity contribution < 1.29 is 57.9 Å². The van der Waals surface area contributed by atoms with Crippen LogP contribution in [-0.4, -0.2) is 136 Å². The van der Waals surface area contributed by atoms with Crippen molar-refractivity contribution in [3.05, 3.63) is 40.9 Å². The Labute approximate surface area is 368 Å². The molecule has 62 heavy (non-hydrogen) atoms. The van der Waals surface area contributed by atoms with E-state index in [0.717, 1.165) is 4.88 Å². The molecule has 3 aliphatic rings. The second-order valence-electron chi connectivity index (χ2n) is 17.6. The summed E-state index contributed by atoms with van der Waals surface area (Å²) in [5.41, 5.74) is -1.16. The van der Waals surface area contributed by atoms with Crippen LogP contribution in [-0.2, 0) is 49.5 Å². The Morgan fingerprint density at radius 2 is 1.79 bits per heavy atom. The highest BCUT2D eigenvalue weighted by molar-refractivity contribution is 7.17. The van der Waals surface area contributed by atoms with Crippen LogP contribution in [0.5, 0.6) is 0 Å². The summed E-state index contributed by atoms with van der Waals surface area (Å²) < 4.78 is 32.3. The Morgan fingerprint density at radius 3 is 2.40 bits per heavy atom. The Kier molecular flexibility index (Phi) is 16.5. The molecule has 0 aliphatic carbocycles. The number of rotatable bonds is 9. The smallest absolute Gasteiger partial charge is 0.316 e. The van der Waals surface area contributed by atoms with Crippen LogP contribution in [0.4, 0.5) is 0 Å². The number of Topliss-reactive ketones (excluding diaryl/α,β-unsaturated/α-hetero) is 2. The molecule has 5 rings (SSSR count). The van der Waals surface area contributed by atoms with Crippen LogP contribution >= 0.6 is 11.3 Å². The number of carbonyl (C=O) groups excluding carboxylic acids is 4. The van der Waals surface area contributed by atoms with Gasteiger partial charge >= 0.3 is 5.97 Å². The number of esters is 1. The van der Waals surface area contributed by atoms with Gasteiger partial charge in [-0.2, -0.15) is 0 Å². The van der Waals surface area contributed by atoms with Crippen molar-refractivity contribution in [2.75, 3.05) is 27.3 Å². The van der Waals surface area contributed by atoms with Gasteiger partial charge in [-0.25, -0.2) is 4.99 Å². The summed E-state index contributed by atoms with van der Waals surface area (Å²) in [6.07, 6.45) is -3.53. The summed E-state index contributed by atoms with van der Waals surface area (Å²) in [5, 5.41) is 28.4. The monoisotopic (exact) mass is 884 g/mol. The van der Waals surface area contributed by atoms with Crippen LogP contribution < -0.4 is 0 Å². The number of aromatic nitrogens is 1. The number of thiophene rings is 1. The van der Waals surface area contributed by atoms with Gasteiger partial charge in [-0.15, -0.1) is 11.3 Å². The molecule has 0 spiro atoms. The van der Waals surface area contributed by atoms with Crippen molar-refractivity contribution in [1.29, 1.82) is 0 Å². The van der Waals surface area contributed by atoms with Crippen LogP contribution in [0.15, 0.2) is 40.6 Å². The lowest BCUT2D eigenvalue weighted by atomic mass is 9.76. The number of fused-ring (bicyclic) bond motifs is 5. The molecule has 2 aromatic heterocycles. The minimum atomic E-state index is -1.84. The molecule has 12 atom stereocenters. The van der Waals surface area contributed by atoms with E-state index in [4.69, 9.17) is 28.5 Å². The van der Waals surface area contributed by atoms with Crippen LogP contribution in [0.2, 0.25) is 0 Å². The van der Waals surface area contributed by atoms with E-state index in [1.54, 1.807) is 33.0 Å². The fraction of sp³-hybridized carbons (Fsp3) is 0.667. The number of likely N-dealkylation sites (N-methyl/N-ethyl adjacent to an activating group) is 1. The Balaban J connectivity index is 1.58. The van der Waals surface area contributed by atoms with E-state index in [1.807, 2.05) is 51.0 Å². The predicted molar refractivity (Wildman–Crippen MR) is 232 cm³/mol. The summed E-state index contributed by atoms with van der Waals surface area (Å²) in [6.45, 7) is 14.3. The fourth-order valence-electron chi connectivity index (χ4n) is 8.54. The lowest BCUT2D eigenvalue weighted by Crippen LogP contribution is -2.59. The third-order valence-electron chi connectivity index (χ3n) is 12.2. The first-order valence-electron chi connectivity index (χ1n) is 21.3. The zero-order valence-corrected chi connectivity index (χ0v) is 38.6. The largest absolute Gasteiger partial charge is 0.459 e. The number of pyridine rings is 1. The Hall–Kier alpha value is -3.81. The van der Waals surface area contributed by atoms with Gasteiger partial charge in [-0.05, 0) is 92.1 Å². The first-order chi connectivity index (χ1) is 29.1. The second-order valence-corrected chi connectivity index (χ2v) is 18.7. The molecule has 2 N–H and O–H groups in total. The van der Waals surface area contributed by atoms with Crippen molar-refractivity contribution in [2.24, 2.45) is 27.9 Å². The van der Waals surface area contributed by atoms with Gasteiger partial charge in [0.15, 0.2) is 17.9 Å². The molecule has 0 radical (unpaired) electrons. The molecule has 0 aromatic carbocycles. The molecular weight excluding hydrogens is 821 g/mol. The number of aliphatic imine (C=N–C) groups is 1. The second kappa shape index (κ2) is 20.8. The minimum absolute atomic E-state index is 0.0123. The van der Waals surface area contributed by atoms with E-state index in [-0.39, 0.29) is 62.7 Å². The molecule has 2 bridgehead atoms. The first-order valence-corrected chi connectivity index (χ1v) is 22.2.